The van der Waals surface area contributed by atoms with Gasteiger partial charge in [0.2, 0.25) is 0 Å². The van der Waals surface area contributed by atoms with Crippen molar-refractivity contribution in [1.29, 1.82) is 0 Å². The summed E-state index contributed by atoms with van der Waals surface area (Å²) in [6, 6.07) is 83.7. The Balaban J connectivity index is 0.851. The van der Waals surface area contributed by atoms with Gasteiger partial charge in [-0.2, -0.15) is 0 Å². The Kier molecular flexibility index (Phi) is 8.56. The molecule has 1 aliphatic carbocycles. The molecule has 0 saturated carbocycles. The monoisotopic (exact) mass is 844 g/mol. The third-order valence-electron chi connectivity index (χ3n) is 14.0. The summed E-state index contributed by atoms with van der Waals surface area (Å²) in [6.07, 6.45) is 0. The van der Waals surface area contributed by atoms with Crippen LogP contribution < -0.4 is 4.90 Å². The molecule has 0 fully saturated rings. The van der Waals surface area contributed by atoms with E-state index in [4.69, 9.17) is 4.42 Å². The lowest BCUT2D eigenvalue weighted by molar-refractivity contribution is 0.660. The van der Waals surface area contributed by atoms with Gasteiger partial charge >= 0.3 is 0 Å². The molecule has 66 heavy (non-hydrogen) atoms. The Morgan fingerprint density at radius 1 is 0.379 bits per heavy atom. The fourth-order valence-electron chi connectivity index (χ4n) is 10.7. The van der Waals surface area contributed by atoms with Crippen LogP contribution >= 0.6 is 0 Å². The Labute approximate surface area is 384 Å². The number of aromatic nitrogens is 1. The molecule has 0 amide bonds. The lowest BCUT2D eigenvalue weighted by atomic mass is 9.81. The molecule has 0 bridgehead atoms. The van der Waals surface area contributed by atoms with Gasteiger partial charge in [-0.05, 0) is 128 Å². The molecule has 0 saturated heterocycles. The minimum atomic E-state index is -0.0472. The van der Waals surface area contributed by atoms with E-state index in [1.165, 1.54) is 55.3 Å². The lowest BCUT2D eigenvalue weighted by Gasteiger charge is -2.26. The third-order valence-corrected chi connectivity index (χ3v) is 14.0. The van der Waals surface area contributed by atoms with Gasteiger partial charge < -0.3 is 13.9 Å². The molecule has 0 spiro atoms. The molecule has 12 aromatic rings. The molecular formula is C63H44N2O. The summed E-state index contributed by atoms with van der Waals surface area (Å²) in [5, 5.41) is 4.66. The highest BCUT2D eigenvalue weighted by Gasteiger charge is 2.35. The Morgan fingerprint density at radius 2 is 0.879 bits per heavy atom. The number of hydrogen-bond acceptors (Lipinski definition) is 2. The molecule has 1 aliphatic rings. The summed E-state index contributed by atoms with van der Waals surface area (Å²) in [6.45, 7) is 4.69. The summed E-state index contributed by atoms with van der Waals surface area (Å²) in [5.41, 5.74) is 21.0. The second-order valence-corrected chi connectivity index (χ2v) is 18.1. The number of anilines is 3. The van der Waals surface area contributed by atoms with Gasteiger partial charge in [-0.25, -0.2) is 0 Å². The Bertz CT molecular complexity index is 3800. The van der Waals surface area contributed by atoms with Crippen LogP contribution in [0.25, 0.3) is 93.9 Å². The van der Waals surface area contributed by atoms with Crippen molar-refractivity contribution >= 4 is 60.8 Å². The molecule has 0 atom stereocenters. The molecule has 0 unspecified atom stereocenters. The summed E-state index contributed by atoms with van der Waals surface area (Å²) < 4.78 is 8.96. The number of rotatable bonds is 7. The summed E-state index contributed by atoms with van der Waals surface area (Å²) in [5.74, 6) is 0. The van der Waals surface area contributed by atoms with Crippen LogP contribution in [-0.4, -0.2) is 4.57 Å². The van der Waals surface area contributed by atoms with E-state index in [1.54, 1.807) is 0 Å². The van der Waals surface area contributed by atoms with Crippen molar-refractivity contribution in [1.82, 2.24) is 4.57 Å². The van der Waals surface area contributed by atoms with Crippen molar-refractivity contribution in [3.63, 3.8) is 0 Å². The predicted molar refractivity (Wildman–Crippen MR) is 277 cm³/mol. The number of furan rings is 1. The first kappa shape index (κ1) is 38.1. The van der Waals surface area contributed by atoms with Gasteiger partial charge in [-0.15, -0.1) is 0 Å². The number of para-hydroxylation sites is 2. The van der Waals surface area contributed by atoms with Gasteiger partial charge in [0, 0.05) is 49.7 Å². The average Bonchev–Trinajstić information content (AvgIpc) is 4.00. The van der Waals surface area contributed by atoms with Crippen molar-refractivity contribution in [3.8, 4) is 50.2 Å². The number of fused-ring (bicyclic) bond motifs is 10. The zero-order chi connectivity index (χ0) is 43.9. The van der Waals surface area contributed by atoms with E-state index < -0.39 is 0 Å². The second-order valence-electron chi connectivity index (χ2n) is 18.1. The maximum Gasteiger partial charge on any atom is 0.160 e. The van der Waals surface area contributed by atoms with Crippen LogP contribution in [-0.2, 0) is 5.41 Å². The first-order valence-electron chi connectivity index (χ1n) is 22.8. The molecule has 10 aromatic carbocycles. The molecule has 0 radical (unpaired) electrons. The van der Waals surface area contributed by atoms with Gasteiger partial charge in [-0.1, -0.05) is 172 Å². The molecule has 0 aliphatic heterocycles. The van der Waals surface area contributed by atoms with Gasteiger partial charge in [0.1, 0.15) is 5.58 Å². The summed E-state index contributed by atoms with van der Waals surface area (Å²) in [4.78, 5) is 2.36. The normalized spacial score (nSPS) is 12.8. The average molecular weight is 845 g/mol. The van der Waals surface area contributed by atoms with Crippen molar-refractivity contribution < 1.29 is 4.42 Å². The molecule has 13 rings (SSSR count). The largest absolute Gasteiger partial charge is 0.454 e. The van der Waals surface area contributed by atoms with E-state index in [1.807, 2.05) is 6.07 Å². The van der Waals surface area contributed by atoms with E-state index in [0.717, 1.165) is 66.8 Å². The highest BCUT2D eigenvalue weighted by molar-refractivity contribution is 6.21. The maximum absolute atomic E-state index is 6.60. The van der Waals surface area contributed by atoms with Crippen molar-refractivity contribution in [3.05, 3.63) is 242 Å². The van der Waals surface area contributed by atoms with E-state index in [-0.39, 0.29) is 5.41 Å². The van der Waals surface area contributed by atoms with Crippen LogP contribution in [0.1, 0.15) is 25.0 Å². The van der Waals surface area contributed by atoms with Gasteiger partial charge in [0.25, 0.3) is 0 Å². The highest BCUT2D eigenvalue weighted by atomic mass is 16.3. The number of hydrogen-bond donors (Lipinski definition) is 0. The number of benzene rings is 10. The van der Waals surface area contributed by atoms with Crippen molar-refractivity contribution in [2.45, 2.75) is 19.3 Å². The van der Waals surface area contributed by atoms with Crippen LogP contribution in [0.4, 0.5) is 17.1 Å². The Morgan fingerprint density at radius 3 is 1.56 bits per heavy atom. The van der Waals surface area contributed by atoms with Gasteiger partial charge in [0.15, 0.2) is 5.58 Å². The van der Waals surface area contributed by atoms with E-state index in [0.29, 0.717) is 0 Å². The smallest absolute Gasteiger partial charge is 0.160 e. The topological polar surface area (TPSA) is 21.3 Å². The maximum atomic E-state index is 6.60. The Hall–Kier alpha value is -8.40. The molecule has 3 nitrogen and oxygen atoms in total. The van der Waals surface area contributed by atoms with E-state index >= 15 is 0 Å². The fraction of sp³-hybridized carbons (Fsp3) is 0.0476. The van der Waals surface area contributed by atoms with Gasteiger partial charge in [-0.3, -0.25) is 0 Å². The molecular weight excluding hydrogens is 801 g/mol. The highest BCUT2D eigenvalue weighted by Crippen LogP contribution is 2.50. The second kappa shape index (κ2) is 14.8. The van der Waals surface area contributed by atoms with Crippen molar-refractivity contribution in [2.75, 3.05) is 4.90 Å². The molecule has 0 N–H and O–H groups in total. The zero-order valence-electron chi connectivity index (χ0n) is 36.7. The number of nitrogens with zero attached hydrogens (tertiary/aromatic N) is 2. The van der Waals surface area contributed by atoms with Crippen LogP contribution in [0.15, 0.2) is 235 Å². The standard InChI is InChI=1S/C63H44N2O/c1-63(2)57-17-9-6-14-51(57)52-37-28-46(40-58(52)63)45-26-33-49(34-27-45)64(47-29-20-42(21-30-47)41-12-4-3-5-13-41)48-31-22-43(23-32-48)44-24-35-50(36-25-44)65-59-18-10-7-15-53(59)55-38-39-56-54-16-8-11-19-60(54)66-62(56)61(55)65/h3-40H,1-2H3. The van der Waals surface area contributed by atoms with Crippen molar-refractivity contribution in [2.24, 2.45) is 0 Å². The van der Waals surface area contributed by atoms with E-state index in [2.05, 4.69) is 248 Å². The van der Waals surface area contributed by atoms with Gasteiger partial charge in [0.05, 0.1) is 11.0 Å². The zero-order valence-corrected chi connectivity index (χ0v) is 36.7. The summed E-state index contributed by atoms with van der Waals surface area (Å²) in [7, 11) is 0. The van der Waals surface area contributed by atoms with Crippen LogP contribution in [0.5, 0.6) is 0 Å². The minimum absolute atomic E-state index is 0.0472. The first-order chi connectivity index (χ1) is 32.5. The third kappa shape index (κ3) is 5.97. The quantitative estimate of drug-likeness (QED) is 0.159. The first-order valence-corrected chi connectivity index (χ1v) is 22.8. The minimum Gasteiger partial charge on any atom is -0.454 e. The fourth-order valence-corrected chi connectivity index (χ4v) is 10.7. The summed E-state index contributed by atoms with van der Waals surface area (Å²) >= 11 is 0. The molecule has 2 heterocycles. The van der Waals surface area contributed by atoms with E-state index in [9.17, 15) is 0 Å². The predicted octanol–water partition coefficient (Wildman–Crippen LogP) is 17.5. The molecule has 2 aromatic heterocycles. The SMILES string of the molecule is CC1(C)c2ccccc2-c2ccc(-c3ccc(N(c4ccc(-c5ccccc5)cc4)c4ccc(-c5ccc(-n6c7ccccc7c7ccc8c9ccccc9oc8c76)cc5)cc4)cc3)cc21. The lowest BCUT2D eigenvalue weighted by Crippen LogP contribution is -2.14. The van der Waals surface area contributed by atoms with Crippen LogP contribution in [0.2, 0.25) is 0 Å². The molecule has 3 heteroatoms. The molecule has 312 valence electrons. The van der Waals surface area contributed by atoms with Crippen LogP contribution in [0.3, 0.4) is 0 Å². The van der Waals surface area contributed by atoms with Crippen LogP contribution in [0, 0.1) is 0 Å².